The minimum Gasteiger partial charge on any atom is -0.358 e. The molecule has 2 aromatic heterocycles. The lowest BCUT2D eigenvalue weighted by Crippen LogP contribution is -2.25. The van der Waals surface area contributed by atoms with Crippen LogP contribution in [0.5, 0.6) is 0 Å². The second kappa shape index (κ2) is 7.46. The lowest BCUT2D eigenvalue weighted by molar-refractivity contribution is 0.749. The molecule has 3 aliphatic heterocycles. The summed E-state index contributed by atoms with van der Waals surface area (Å²) in [6.45, 7) is 0. The van der Waals surface area contributed by atoms with Crippen LogP contribution < -0.4 is 10.7 Å². The number of alkyl halides is 3. The Morgan fingerprint density at radius 1 is 0.964 bits per heavy atom. The Morgan fingerprint density at radius 3 is 2.57 bits per heavy atom. The highest BCUT2D eigenvalue weighted by molar-refractivity contribution is 9.12. The summed E-state index contributed by atoms with van der Waals surface area (Å²) in [7, 11) is 0. The van der Waals surface area contributed by atoms with E-state index in [9.17, 15) is 0 Å². The van der Waals surface area contributed by atoms with Crippen LogP contribution in [0.1, 0.15) is 16.2 Å². The average molecular weight is 562 g/mol. The summed E-state index contributed by atoms with van der Waals surface area (Å²) in [6, 6.07) is 8.33. The molecule has 2 N–H and O–H groups in total. The van der Waals surface area contributed by atoms with Gasteiger partial charge in [0.25, 0.3) is 0 Å². The van der Waals surface area contributed by atoms with E-state index in [0.717, 1.165) is 33.5 Å². The second-order valence-electron chi connectivity index (χ2n) is 6.79. The maximum absolute atomic E-state index is 4.95. The van der Waals surface area contributed by atoms with E-state index in [2.05, 4.69) is 118 Å². The number of H-pyrrole nitrogens is 2. The number of aromatic nitrogens is 2. The van der Waals surface area contributed by atoms with E-state index in [4.69, 9.17) is 9.98 Å². The largest absolute Gasteiger partial charge is 0.358 e. The monoisotopic (exact) mass is 559 g/mol. The van der Waals surface area contributed by atoms with Crippen LogP contribution in [-0.4, -0.2) is 45.1 Å². The molecule has 0 spiro atoms. The van der Waals surface area contributed by atoms with Crippen LogP contribution in [0, 0.1) is 0 Å². The average Bonchev–Trinajstić information content (AvgIpc) is 3.42. The van der Waals surface area contributed by atoms with Crippen molar-refractivity contribution in [3.63, 3.8) is 0 Å². The van der Waals surface area contributed by atoms with E-state index in [1.807, 2.05) is 0 Å². The molecule has 8 heteroatoms. The third kappa shape index (κ3) is 3.50. The van der Waals surface area contributed by atoms with Crippen LogP contribution in [0.4, 0.5) is 0 Å². The molecule has 139 valence electrons. The first-order valence-electron chi connectivity index (χ1n) is 8.60. The minimum absolute atomic E-state index is 0. The molecule has 8 bridgehead atoms. The van der Waals surface area contributed by atoms with Crippen molar-refractivity contribution in [1.82, 2.24) is 9.97 Å². The lowest BCUT2D eigenvalue weighted by Gasteiger charge is -2.23. The van der Waals surface area contributed by atoms with Crippen molar-refractivity contribution in [3.05, 3.63) is 70.7 Å². The molecule has 0 aromatic carbocycles. The van der Waals surface area contributed by atoms with Gasteiger partial charge in [-0.15, -0.1) is 0 Å². The SMILES string of the molecule is BrC1C2=NC(Br)(C=C2)C(Br)c2ccc([nH]2)C=c2ccc([nH]2)=CC2=NC1C=C2.[B]. The van der Waals surface area contributed by atoms with Gasteiger partial charge >= 0.3 is 0 Å². The smallest absolute Gasteiger partial charge is 0.152 e. The number of fused-ring (bicyclic) bond motifs is 6. The molecule has 4 unspecified atom stereocenters. The van der Waals surface area contributed by atoms with Crippen molar-refractivity contribution in [2.75, 3.05) is 0 Å². The van der Waals surface area contributed by atoms with Gasteiger partial charge in [0.1, 0.15) is 0 Å². The van der Waals surface area contributed by atoms with Gasteiger partial charge in [-0.25, -0.2) is 0 Å². The quantitative estimate of drug-likeness (QED) is 0.282. The van der Waals surface area contributed by atoms with E-state index in [-0.39, 0.29) is 24.1 Å². The predicted molar refractivity (Wildman–Crippen MR) is 128 cm³/mol. The Labute approximate surface area is 189 Å². The molecule has 4 atom stereocenters. The molecule has 28 heavy (non-hydrogen) atoms. The second-order valence-corrected chi connectivity index (χ2v) is 9.96. The summed E-state index contributed by atoms with van der Waals surface area (Å²) in [5.74, 6) is 0. The molecule has 3 aliphatic rings. The summed E-state index contributed by atoms with van der Waals surface area (Å²) >= 11 is 11.4. The lowest BCUT2D eigenvalue weighted by atomic mass is 10.1. The standard InChI is InChI=1S/C20H15Br3N4.B/c21-18-15-5-3-13(25-15)9-11-1-2-12(24-11)10-14-4-6-17(26-14)19(22)20(23)8-7-16(18)27-20;/h1-10,15,18-19,24,26H;. The van der Waals surface area contributed by atoms with Crippen LogP contribution in [-0.2, 0) is 0 Å². The van der Waals surface area contributed by atoms with Crippen molar-refractivity contribution in [3.8, 4) is 0 Å². The van der Waals surface area contributed by atoms with E-state index >= 15 is 0 Å². The van der Waals surface area contributed by atoms with Gasteiger partial charge in [0, 0.05) is 30.5 Å². The van der Waals surface area contributed by atoms with Gasteiger partial charge in [-0.05, 0) is 54.6 Å². The molecule has 3 radical (unpaired) electrons. The summed E-state index contributed by atoms with van der Waals surface area (Å²) in [5.41, 5.74) is 4.03. The number of rotatable bonds is 0. The number of hydrogen-bond acceptors (Lipinski definition) is 2. The molecule has 2 aromatic rings. The zero-order chi connectivity index (χ0) is 18.6. The molecule has 0 fully saturated rings. The number of aliphatic imine (C=N–C) groups is 2. The zero-order valence-electron chi connectivity index (χ0n) is 14.6. The van der Waals surface area contributed by atoms with Crippen molar-refractivity contribution >= 4 is 79.8 Å². The van der Waals surface area contributed by atoms with Crippen molar-refractivity contribution in [2.24, 2.45) is 9.98 Å². The predicted octanol–water partition coefficient (Wildman–Crippen LogP) is 3.27. The first-order valence-corrected chi connectivity index (χ1v) is 11.2. The molecular formula is C20H15BBr3N4. The Kier molecular flexibility index (Phi) is 5.31. The topological polar surface area (TPSA) is 56.3 Å². The Bertz CT molecular complexity index is 1160. The van der Waals surface area contributed by atoms with Crippen molar-refractivity contribution < 1.29 is 0 Å². The maximum Gasteiger partial charge on any atom is 0.152 e. The third-order valence-corrected chi connectivity index (χ3v) is 8.55. The van der Waals surface area contributed by atoms with Gasteiger partial charge < -0.3 is 9.97 Å². The molecular weight excluding hydrogens is 547 g/mol. The number of nitrogens with one attached hydrogen (secondary N) is 2. The van der Waals surface area contributed by atoms with Gasteiger partial charge in [-0.3, -0.25) is 9.98 Å². The Balaban J connectivity index is 0.00000192. The molecule has 5 heterocycles. The highest BCUT2D eigenvalue weighted by atomic mass is 79.9. The molecule has 4 nitrogen and oxygen atoms in total. The number of aromatic amines is 2. The van der Waals surface area contributed by atoms with Gasteiger partial charge in [0.05, 0.1) is 27.1 Å². The molecule has 5 rings (SSSR count). The fraction of sp³-hybridized carbons (Fsp3) is 0.200. The third-order valence-electron chi connectivity index (χ3n) is 4.84. The maximum atomic E-state index is 4.95. The van der Waals surface area contributed by atoms with Crippen LogP contribution in [0.3, 0.4) is 0 Å². The molecule has 0 aliphatic carbocycles. The normalized spacial score (nSPS) is 30.2. The molecule has 0 saturated carbocycles. The fourth-order valence-electron chi connectivity index (χ4n) is 3.45. The highest BCUT2D eigenvalue weighted by Gasteiger charge is 2.39. The van der Waals surface area contributed by atoms with E-state index in [1.165, 1.54) is 0 Å². The number of halogens is 3. The highest BCUT2D eigenvalue weighted by Crippen LogP contribution is 2.45. The summed E-state index contributed by atoms with van der Waals surface area (Å²) < 4.78 is -0.534. The summed E-state index contributed by atoms with van der Waals surface area (Å²) in [4.78, 5) is 16.7. The summed E-state index contributed by atoms with van der Waals surface area (Å²) in [6.07, 6.45) is 12.5. The Morgan fingerprint density at radius 2 is 1.75 bits per heavy atom. The van der Waals surface area contributed by atoms with Gasteiger partial charge in [-0.1, -0.05) is 53.9 Å². The number of hydrogen-bond donors (Lipinski definition) is 2. The number of allylic oxidation sites excluding steroid dienone is 2. The molecule has 0 saturated heterocycles. The van der Waals surface area contributed by atoms with Crippen LogP contribution in [0.25, 0.3) is 12.2 Å². The van der Waals surface area contributed by atoms with Gasteiger partial charge in [0.15, 0.2) is 4.45 Å². The Hall–Kier alpha value is -1.38. The van der Waals surface area contributed by atoms with E-state index < -0.39 is 4.45 Å². The number of nitrogens with zero attached hydrogens (tertiary/aromatic N) is 2. The van der Waals surface area contributed by atoms with E-state index in [0.29, 0.717) is 0 Å². The van der Waals surface area contributed by atoms with Crippen LogP contribution in [0.15, 0.2) is 58.6 Å². The van der Waals surface area contributed by atoms with Crippen molar-refractivity contribution in [2.45, 2.75) is 20.1 Å². The minimum atomic E-state index is -0.534. The van der Waals surface area contributed by atoms with Crippen LogP contribution >= 0.6 is 47.8 Å². The first-order chi connectivity index (χ1) is 13.0. The fourth-order valence-corrected chi connectivity index (χ4v) is 5.11. The van der Waals surface area contributed by atoms with Gasteiger partial charge in [0.2, 0.25) is 0 Å². The van der Waals surface area contributed by atoms with Gasteiger partial charge in [-0.2, -0.15) is 0 Å². The first kappa shape index (κ1) is 19.9. The molecule has 0 amide bonds. The zero-order valence-corrected chi connectivity index (χ0v) is 19.4. The van der Waals surface area contributed by atoms with Crippen molar-refractivity contribution in [1.29, 1.82) is 0 Å². The summed E-state index contributed by atoms with van der Waals surface area (Å²) in [5, 5.41) is 2.08. The van der Waals surface area contributed by atoms with E-state index in [1.54, 1.807) is 0 Å². The van der Waals surface area contributed by atoms with Crippen LogP contribution in [0.2, 0.25) is 0 Å².